The van der Waals surface area contributed by atoms with E-state index in [0.717, 1.165) is 5.56 Å². The Kier molecular flexibility index (Phi) is 6.21. The largest absolute Gasteiger partial charge is 0.452 e. The molecule has 0 aromatic heterocycles. The first-order chi connectivity index (χ1) is 13.4. The van der Waals surface area contributed by atoms with Crippen LogP contribution in [0.1, 0.15) is 22.3 Å². The molecule has 1 aliphatic heterocycles. The monoisotopic (exact) mass is 422 g/mol. The molecule has 2 aromatic carbocycles. The van der Waals surface area contributed by atoms with Crippen LogP contribution in [0.3, 0.4) is 0 Å². The molecule has 0 bridgehead atoms. The SMILES string of the molecule is O=C(COC(=O)c1cccc(N2CCCS2(=O)=O)c1)NCc1ccccc1Cl. The Balaban J connectivity index is 1.56. The van der Waals surface area contributed by atoms with E-state index in [2.05, 4.69) is 5.32 Å². The van der Waals surface area contributed by atoms with Gasteiger partial charge in [0.25, 0.3) is 5.91 Å². The molecule has 0 radical (unpaired) electrons. The van der Waals surface area contributed by atoms with E-state index in [4.69, 9.17) is 16.3 Å². The fourth-order valence-electron chi connectivity index (χ4n) is 2.82. The summed E-state index contributed by atoms with van der Waals surface area (Å²) in [6.45, 7) is 0.152. The van der Waals surface area contributed by atoms with E-state index in [-0.39, 0.29) is 17.9 Å². The number of hydrogen-bond donors (Lipinski definition) is 1. The molecule has 1 aliphatic rings. The number of carbonyl (C=O) groups excluding carboxylic acids is 2. The van der Waals surface area contributed by atoms with Gasteiger partial charge in [0.05, 0.1) is 17.0 Å². The molecule has 9 heteroatoms. The van der Waals surface area contributed by atoms with E-state index in [1.165, 1.54) is 16.4 Å². The summed E-state index contributed by atoms with van der Waals surface area (Å²) < 4.78 is 30.3. The van der Waals surface area contributed by atoms with Crippen molar-refractivity contribution >= 4 is 39.2 Å². The van der Waals surface area contributed by atoms with E-state index in [1.54, 1.807) is 36.4 Å². The minimum Gasteiger partial charge on any atom is -0.452 e. The fraction of sp³-hybridized carbons (Fsp3) is 0.263. The van der Waals surface area contributed by atoms with Gasteiger partial charge in [0.15, 0.2) is 6.61 Å². The van der Waals surface area contributed by atoms with Crippen molar-refractivity contribution in [2.24, 2.45) is 0 Å². The standard InChI is InChI=1S/C19H19ClN2O5S/c20-17-8-2-1-5-15(17)12-21-18(23)13-27-19(24)14-6-3-7-16(11-14)22-9-4-10-28(22,25)26/h1-3,5-8,11H,4,9-10,12-13H2,(H,21,23). The van der Waals surface area contributed by atoms with Gasteiger partial charge < -0.3 is 10.1 Å². The molecule has 28 heavy (non-hydrogen) atoms. The molecule has 148 valence electrons. The van der Waals surface area contributed by atoms with Crippen LogP contribution in [-0.4, -0.2) is 39.2 Å². The van der Waals surface area contributed by atoms with Gasteiger partial charge in [0.1, 0.15) is 0 Å². The van der Waals surface area contributed by atoms with Crippen molar-refractivity contribution in [3.63, 3.8) is 0 Å². The Morgan fingerprint density at radius 2 is 1.93 bits per heavy atom. The molecule has 0 saturated carbocycles. The Bertz CT molecular complexity index is 993. The molecule has 1 fully saturated rings. The molecule has 1 amide bonds. The van der Waals surface area contributed by atoms with Gasteiger partial charge >= 0.3 is 5.97 Å². The van der Waals surface area contributed by atoms with Gasteiger partial charge in [0, 0.05) is 18.1 Å². The Morgan fingerprint density at radius 3 is 2.64 bits per heavy atom. The highest BCUT2D eigenvalue weighted by Gasteiger charge is 2.28. The molecule has 3 rings (SSSR count). The van der Waals surface area contributed by atoms with Gasteiger partial charge in [-0.2, -0.15) is 0 Å². The first-order valence-corrected chi connectivity index (χ1v) is 10.6. The number of anilines is 1. The summed E-state index contributed by atoms with van der Waals surface area (Å²) >= 11 is 6.02. The van der Waals surface area contributed by atoms with Crippen LogP contribution >= 0.6 is 11.6 Å². The van der Waals surface area contributed by atoms with Gasteiger partial charge in [0.2, 0.25) is 10.0 Å². The topological polar surface area (TPSA) is 92.8 Å². The molecule has 2 aromatic rings. The van der Waals surface area contributed by atoms with Gasteiger partial charge in [-0.05, 0) is 36.2 Å². The molecule has 0 atom stereocenters. The second kappa shape index (κ2) is 8.62. The number of ether oxygens (including phenoxy) is 1. The highest BCUT2D eigenvalue weighted by Crippen LogP contribution is 2.25. The third-order valence-electron chi connectivity index (χ3n) is 4.24. The lowest BCUT2D eigenvalue weighted by molar-refractivity contribution is -0.124. The lowest BCUT2D eigenvalue weighted by atomic mass is 10.2. The van der Waals surface area contributed by atoms with Gasteiger partial charge in [-0.1, -0.05) is 35.9 Å². The lowest BCUT2D eigenvalue weighted by Gasteiger charge is -2.17. The van der Waals surface area contributed by atoms with Crippen LogP contribution in [-0.2, 0) is 26.1 Å². The number of esters is 1. The van der Waals surface area contributed by atoms with E-state index in [1.807, 2.05) is 0 Å². The predicted octanol–water partition coefficient (Wildman–Crippen LogP) is 2.35. The van der Waals surface area contributed by atoms with Gasteiger partial charge in [-0.25, -0.2) is 13.2 Å². The van der Waals surface area contributed by atoms with Crippen molar-refractivity contribution in [1.82, 2.24) is 5.32 Å². The van der Waals surface area contributed by atoms with Crippen molar-refractivity contribution in [2.45, 2.75) is 13.0 Å². The molecule has 0 unspecified atom stereocenters. The molecule has 1 heterocycles. The number of sulfonamides is 1. The number of rotatable bonds is 6. The third-order valence-corrected chi connectivity index (χ3v) is 6.48. The molecule has 1 N–H and O–H groups in total. The first kappa shape index (κ1) is 20.2. The van der Waals surface area contributed by atoms with E-state index in [0.29, 0.717) is 23.7 Å². The Labute approximate surface area is 168 Å². The minimum absolute atomic E-state index is 0.0906. The zero-order valence-corrected chi connectivity index (χ0v) is 16.5. The zero-order chi connectivity index (χ0) is 20.1. The van der Waals surface area contributed by atoms with Crippen LogP contribution in [0.2, 0.25) is 5.02 Å². The van der Waals surface area contributed by atoms with Crippen LogP contribution in [0.25, 0.3) is 0 Å². The van der Waals surface area contributed by atoms with E-state index in [9.17, 15) is 18.0 Å². The minimum atomic E-state index is -3.34. The van der Waals surface area contributed by atoms with Crippen LogP contribution in [0, 0.1) is 0 Å². The summed E-state index contributed by atoms with van der Waals surface area (Å²) in [5.41, 5.74) is 1.34. The molecule has 7 nitrogen and oxygen atoms in total. The second-order valence-corrected chi connectivity index (χ2v) is 8.66. The third kappa shape index (κ3) is 4.82. The first-order valence-electron chi connectivity index (χ1n) is 8.64. The summed E-state index contributed by atoms with van der Waals surface area (Å²) in [5.74, 6) is -1.08. The maximum atomic E-state index is 12.2. The predicted molar refractivity (Wildman–Crippen MR) is 106 cm³/mol. The Morgan fingerprint density at radius 1 is 1.14 bits per heavy atom. The molecule has 1 saturated heterocycles. The molecule has 0 aliphatic carbocycles. The summed E-state index contributed by atoms with van der Waals surface area (Å²) in [5, 5.41) is 3.16. The normalized spacial score (nSPS) is 15.2. The second-order valence-electron chi connectivity index (χ2n) is 6.24. The van der Waals surface area contributed by atoms with Gasteiger partial charge in [-0.15, -0.1) is 0 Å². The number of nitrogens with one attached hydrogen (secondary N) is 1. The highest BCUT2D eigenvalue weighted by molar-refractivity contribution is 7.93. The number of hydrogen-bond acceptors (Lipinski definition) is 5. The average molecular weight is 423 g/mol. The summed E-state index contributed by atoms with van der Waals surface area (Å²) in [6, 6.07) is 13.3. The van der Waals surface area contributed by atoms with E-state index < -0.39 is 28.5 Å². The number of benzene rings is 2. The van der Waals surface area contributed by atoms with Crippen molar-refractivity contribution in [3.8, 4) is 0 Å². The van der Waals surface area contributed by atoms with Crippen molar-refractivity contribution in [3.05, 3.63) is 64.7 Å². The van der Waals surface area contributed by atoms with Gasteiger partial charge in [-0.3, -0.25) is 9.10 Å². The maximum Gasteiger partial charge on any atom is 0.338 e. The summed E-state index contributed by atoms with van der Waals surface area (Å²) in [4.78, 5) is 24.1. The van der Waals surface area contributed by atoms with Crippen molar-refractivity contribution in [2.75, 3.05) is 23.2 Å². The smallest absolute Gasteiger partial charge is 0.338 e. The fourth-order valence-corrected chi connectivity index (χ4v) is 4.58. The molecule has 0 spiro atoms. The number of carbonyl (C=O) groups is 2. The average Bonchev–Trinajstić information content (AvgIpc) is 3.04. The van der Waals surface area contributed by atoms with Crippen LogP contribution < -0.4 is 9.62 Å². The number of halogens is 1. The number of nitrogens with zero attached hydrogens (tertiary/aromatic N) is 1. The lowest BCUT2D eigenvalue weighted by Crippen LogP contribution is -2.28. The quantitative estimate of drug-likeness (QED) is 0.721. The zero-order valence-electron chi connectivity index (χ0n) is 14.9. The summed E-state index contributed by atoms with van der Waals surface area (Å²) in [6.07, 6.45) is 0.544. The summed E-state index contributed by atoms with van der Waals surface area (Å²) in [7, 11) is -3.34. The van der Waals surface area contributed by atoms with Crippen LogP contribution in [0.4, 0.5) is 5.69 Å². The highest BCUT2D eigenvalue weighted by atomic mass is 35.5. The van der Waals surface area contributed by atoms with E-state index >= 15 is 0 Å². The van der Waals surface area contributed by atoms with Crippen LogP contribution in [0.15, 0.2) is 48.5 Å². The van der Waals surface area contributed by atoms with Crippen molar-refractivity contribution < 1.29 is 22.7 Å². The maximum absolute atomic E-state index is 12.2. The number of amides is 1. The van der Waals surface area contributed by atoms with Crippen molar-refractivity contribution in [1.29, 1.82) is 0 Å². The Hall–Kier alpha value is -2.58. The van der Waals surface area contributed by atoms with Crippen LogP contribution in [0.5, 0.6) is 0 Å². The molecular formula is C19H19ClN2O5S. The molecular weight excluding hydrogens is 404 g/mol.